The van der Waals surface area contributed by atoms with Crippen molar-refractivity contribution in [3.05, 3.63) is 29.3 Å². The second-order valence-electron chi connectivity index (χ2n) is 6.42. The molecule has 2 rings (SSSR count). The fourth-order valence-corrected chi connectivity index (χ4v) is 3.94. The predicted molar refractivity (Wildman–Crippen MR) is 78.0 cm³/mol. The zero-order valence-electron chi connectivity index (χ0n) is 11.8. The molecule has 1 aliphatic rings. The lowest BCUT2D eigenvalue weighted by atomic mass is 9.94. The van der Waals surface area contributed by atoms with Gasteiger partial charge in [-0.2, -0.15) is 4.31 Å². The number of hydrogen-bond donors (Lipinski definition) is 1. The summed E-state index contributed by atoms with van der Waals surface area (Å²) < 4.78 is 26.2. The van der Waals surface area contributed by atoms with Crippen LogP contribution in [0.2, 0.25) is 0 Å². The van der Waals surface area contributed by atoms with Gasteiger partial charge in [0.25, 0.3) is 0 Å². The third-order valence-corrected chi connectivity index (χ3v) is 5.19. The molecular weight excluding hydrogens is 260 g/mol. The summed E-state index contributed by atoms with van der Waals surface area (Å²) in [5.41, 5.74) is 8.54. The number of nitrogens with zero attached hydrogens (tertiary/aromatic N) is 1. The van der Waals surface area contributed by atoms with Crippen molar-refractivity contribution < 1.29 is 8.42 Å². The van der Waals surface area contributed by atoms with Crippen LogP contribution < -0.4 is 5.73 Å². The summed E-state index contributed by atoms with van der Waals surface area (Å²) in [5, 5.41) is 0. The molecular formula is C14H22N2O2S. The van der Waals surface area contributed by atoms with Gasteiger partial charge in [0, 0.05) is 18.8 Å². The first-order valence-electron chi connectivity index (χ1n) is 6.52. The third-order valence-electron chi connectivity index (χ3n) is 3.43. The van der Waals surface area contributed by atoms with Crippen molar-refractivity contribution in [3.63, 3.8) is 0 Å². The van der Waals surface area contributed by atoms with Crippen molar-refractivity contribution in [2.24, 2.45) is 5.41 Å². The molecule has 0 aliphatic carbocycles. The Morgan fingerprint density at radius 1 is 1.21 bits per heavy atom. The van der Waals surface area contributed by atoms with Crippen molar-refractivity contribution >= 4 is 15.7 Å². The van der Waals surface area contributed by atoms with Crippen LogP contribution in [0.1, 0.15) is 38.3 Å². The molecule has 0 radical (unpaired) electrons. The quantitative estimate of drug-likeness (QED) is 0.866. The molecule has 0 atom stereocenters. The van der Waals surface area contributed by atoms with Crippen LogP contribution in [0.15, 0.2) is 18.2 Å². The van der Waals surface area contributed by atoms with Crippen molar-refractivity contribution in [2.75, 3.05) is 11.5 Å². The van der Waals surface area contributed by atoms with Gasteiger partial charge in [-0.3, -0.25) is 0 Å². The summed E-state index contributed by atoms with van der Waals surface area (Å²) >= 11 is 0. The molecule has 0 saturated carbocycles. The molecule has 19 heavy (non-hydrogen) atoms. The Morgan fingerprint density at radius 2 is 1.84 bits per heavy atom. The van der Waals surface area contributed by atoms with Gasteiger partial charge in [-0.1, -0.05) is 26.8 Å². The van der Waals surface area contributed by atoms with Gasteiger partial charge in [0.2, 0.25) is 10.0 Å². The largest absolute Gasteiger partial charge is 0.399 e. The lowest BCUT2D eigenvalue weighted by molar-refractivity contribution is 0.382. The Labute approximate surface area is 115 Å². The SMILES string of the molecule is CC(C)(C)CCS(=O)(=O)N1Cc2ccc(N)cc2C1. The Kier molecular flexibility index (Phi) is 3.62. The number of sulfonamides is 1. The van der Waals surface area contributed by atoms with Crippen LogP contribution in [0.3, 0.4) is 0 Å². The molecule has 0 spiro atoms. The van der Waals surface area contributed by atoms with Gasteiger partial charge in [-0.05, 0) is 35.1 Å². The molecule has 1 heterocycles. The van der Waals surface area contributed by atoms with E-state index in [0.717, 1.165) is 11.1 Å². The van der Waals surface area contributed by atoms with E-state index in [1.54, 1.807) is 4.31 Å². The van der Waals surface area contributed by atoms with Crippen LogP contribution >= 0.6 is 0 Å². The highest BCUT2D eigenvalue weighted by Gasteiger charge is 2.30. The molecule has 5 heteroatoms. The standard InChI is InChI=1S/C14H22N2O2S/c1-14(2,3)6-7-19(17,18)16-9-11-4-5-13(15)8-12(11)10-16/h4-5,8H,6-7,9-10,15H2,1-3H3. The minimum atomic E-state index is -3.18. The van der Waals surface area contributed by atoms with Crippen molar-refractivity contribution in [1.29, 1.82) is 0 Å². The first-order chi connectivity index (χ1) is 8.67. The van der Waals surface area contributed by atoms with Crippen LogP contribution in [0.5, 0.6) is 0 Å². The molecule has 0 bridgehead atoms. The maximum atomic E-state index is 12.3. The fourth-order valence-electron chi connectivity index (χ4n) is 2.14. The molecule has 4 nitrogen and oxygen atoms in total. The number of nitrogen functional groups attached to an aromatic ring is 1. The first-order valence-corrected chi connectivity index (χ1v) is 8.13. The first kappa shape index (κ1) is 14.3. The van der Waals surface area contributed by atoms with Gasteiger partial charge in [-0.15, -0.1) is 0 Å². The number of hydrogen-bond acceptors (Lipinski definition) is 3. The van der Waals surface area contributed by atoms with E-state index in [9.17, 15) is 8.42 Å². The minimum absolute atomic E-state index is 0.0318. The summed E-state index contributed by atoms with van der Waals surface area (Å²) in [6.07, 6.45) is 0.671. The second kappa shape index (κ2) is 4.80. The maximum Gasteiger partial charge on any atom is 0.214 e. The lowest BCUT2D eigenvalue weighted by Crippen LogP contribution is -2.29. The summed E-state index contributed by atoms with van der Waals surface area (Å²) in [6, 6.07) is 5.61. The summed E-state index contributed by atoms with van der Waals surface area (Å²) in [7, 11) is -3.18. The minimum Gasteiger partial charge on any atom is -0.399 e. The molecule has 0 fully saturated rings. The average molecular weight is 282 g/mol. The number of nitrogens with two attached hydrogens (primary N) is 1. The fraction of sp³-hybridized carbons (Fsp3) is 0.571. The maximum absolute atomic E-state index is 12.3. The molecule has 0 amide bonds. The molecule has 106 valence electrons. The topological polar surface area (TPSA) is 63.4 Å². The molecule has 1 aliphatic heterocycles. The van der Waals surface area contributed by atoms with E-state index in [2.05, 4.69) is 20.8 Å². The number of benzene rings is 1. The van der Waals surface area contributed by atoms with Gasteiger partial charge >= 0.3 is 0 Å². The van der Waals surface area contributed by atoms with Crippen LogP contribution in [0.25, 0.3) is 0 Å². The van der Waals surface area contributed by atoms with Crippen LogP contribution in [-0.2, 0) is 23.1 Å². The Morgan fingerprint density at radius 3 is 2.47 bits per heavy atom. The third kappa shape index (κ3) is 3.48. The smallest absolute Gasteiger partial charge is 0.214 e. The molecule has 1 aromatic carbocycles. The highest BCUT2D eigenvalue weighted by atomic mass is 32.2. The van der Waals surface area contributed by atoms with Crippen molar-refractivity contribution in [1.82, 2.24) is 4.31 Å². The second-order valence-corrected chi connectivity index (χ2v) is 8.51. The highest BCUT2D eigenvalue weighted by molar-refractivity contribution is 7.89. The Balaban J connectivity index is 2.09. The molecule has 1 aromatic rings. The summed E-state index contributed by atoms with van der Waals surface area (Å²) in [6.45, 7) is 7.10. The Bertz CT molecular complexity index is 574. The highest BCUT2D eigenvalue weighted by Crippen LogP contribution is 2.28. The number of fused-ring (bicyclic) bond motifs is 1. The summed E-state index contributed by atoms with van der Waals surface area (Å²) in [5.74, 6) is 0.208. The molecule has 2 N–H and O–H groups in total. The van der Waals surface area contributed by atoms with Gasteiger partial charge < -0.3 is 5.73 Å². The van der Waals surface area contributed by atoms with Crippen LogP contribution in [-0.4, -0.2) is 18.5 Å². The van der Waals surface area contributed by atoms with Crippen molar-refractivity contribution in [3.8, 4) is 0 Å². The van der Waals surface area contributed by atoms with Gasteiger partial charge in [-0.25, -0.2) is 8.42 Å². The number of anilines is 1. The molecule has 0 saturated heterocycles. The van der Waals surface area contributed by atoms with Gasteiger partial charge in [0.1, 0.15) is 0 Å². The zero-order valence-corrected chi connectivity index (χ0v) is 12.6. The van der Waals surface area contributed by atoms with Crippen LogP contribution in [0, 0.1) is 5.41 Å². The molecule has 0 aromatic heterocycles. The normalized spacial score (nSPS) is 16.6. The summed E-state index contributed by atoms with van der Waals surface area (Å²) in [4.78, 5) is 0. The zero-order chi connectivity index (χ0) is 14.3. The van der Waals surface area contributed by atoms with E-state index >= 15 is 0 Å². The molecule has 0 unspecified atom stereocenters. The predicted octanol–water partition coefficient (Wildman–Crippen LogP) is 2.35. The van der Waals surface area contributed by atoms with E-state index in [1.165, 1.54) is 0 Å². The van der Waals surface area contributed by atoms with E-state index in [4.69, 9.17) is 5.73 Å². The lowest BCUT2D eigenvalue weighted by Gasteiger charge is -2.21. The van der Waals surface area contributed by atoms with Crippen molar-refractivity contribution in [2.45, 2.75) is 40.3 Å². The Hall–Kier alpha value is -1.07. The van der Waals surface area contributed by atoms with Gasteiger partial charge in [0.05, 0.1) is 5.75 Å². The van der Waals surface area contributed by atoms with E-state index in [0.29, 0.717) is 25.2 Å². The monoisotopic (exact) mass is 282 g/mol. The van der Waals surface area contributed by atoms with Crippen LogP contribution in [0.4, 0.5) is 5.69 Å². The van der Waals surface area contributed by atoms with Gasteiger partial charge in [0.15, 0.2) is 0 Å². The van der Waals surface area contributed by atoms with E-state index in [-0.39, 0.29) is 11.2 Å². The van der Waals surface area contributed by atoms with E-state index < -0.39 is 10.0 Å². The average Bonchev–Trinajstić information content (AvgIpc) is 2.69. The van der Waals surface area contributed by atoms with E-state index in [1.807, 2.05) is 18.2 Å². The number of rotatable bonds is 3.